The van der Waals surface area contributed by atoms with E-state index in [1.54, 1.807) is 16.2 Å². The van der Waals surface area contributed by atoms with Gasteiger partial charge in [-0.15, -0.1) is 36.2 Å². The number of hydrogen-bond acceptors (Lipinski definition) is 4. The first-order valence-corrected chi connectivity index (χ1v) is 8.14. The molecule has 0 aliphatic carbocycles. The Bertz CT molecular complexity index is 609. The van der Waals surface area contributed by atoms with Crippen molar-refractivity contribution < 1.29 is 4.79 Å². The molecule has 0 saturated heterocycles. The number of benzene rings is 1. The van der Waals surface area contributed by atoms with Crippen LogP contribution in [0.3, 0.4) is 0 Å². The molecule has 1 aromatic heterocycles. The Labute approximate surface area is 155 Å². The van der Waals surface area contributed by atoms with Crippen LogP contribution in [0.15, 0.2) is 22.7 Å². The number of hydrogen-bond donors (Lipinski definition) is 1. The van der Waals surface area contributed by atoms with Crippen LogP contribution in [-0.2, 0) is 11.2 Å². The molecule has 8 heteroatoms. The van der Waals surface area contributed by atoms with Crippen LogP contribution in [0.4, 0.5) is 0 Å². The molecule has 0 atom stereocenters. The van der Waals surface area contributed by atoms with Gasteiger partial charge in [-0.1, -0.05) is 15.9 Å². The molecule has 0 saturated carbocycles. The second kappa shape index (κ2) is 10.4. The molecule has 4 nitrogen and oxygen atoms in total. The second-order valence-corrected chi connectivity index (χ2v) is 6.67. The highest BCUT2D eigenvalue weighted by Crippen LogP contribution is 2.25. The van der Waals surface area contributed by atoms with Gasteiger partial charge in [0.15, 0.2) is 0 Å². The highest BCUT2D eigenvalue weighted by molar-refractivity contribution is 9.10. The summed E-state index contributed by atoms with van der Waals surface area (Å²) in [5.74, 6) is 0.167. The summed E-state index contributed by atoms with van der Waals surface area (Å²) in [6, 6.07) is 6.08. The van der Waals surface area contributed by atoms with Gasteiger partial charge in [-0.3, -0.25) is 4.79 Å². The van der Waals surface area contributed by atoms with Gasteiger partial charge in [0.25, 0.3) is 0 Å². The smallest absolute Gasteiger partial charge is 0.222 e. The third-order valence-electron chi connectivity index (χ3n) is 3.07. The minimum absolute atomic E-state index is 0. The number of halogens is 3. The number of carbonyl (C=O) groups is 1. The van der Waals surface area contributed by atoms with Gasteiger partial charge in [-0.25, -0.2) is 4.98 Å². The number of likely N-dealkylation sites (N-methyl/N-ethyl adjacent to an activating group) is 2. The number of amides is 1. The van der Waals surface area contributed by atoms with Gasteiger partial charge in [-0.05, 0) is 25.2 Å². The molecule has 0 bridgehead atoms. The van der Waals surface area contributed by atoms with Crippen LogP contribution in [0.1, 0.15) is 11.4 Å². The van der Waals surface area contributed by atoms with Crippen LogP contribution in [0.2, 0.25) is 0 Å². The fourth-order valence-electron chi connectivity index (χ4n) is 1.86. The summed E-state index contributed by atoms with van der Waals surface area (Å²) in [6.45, 7) is 1.56. The Morgan fingerprint density at radius 2 is 2.14 bits per heavy atom. The Morgan fingerprint density at radius 1 is 1.41 bits per heavy atom. The number of aryl methyl sites for hydroxylation is 1. The van der Waals surface area contributed by atoms with Gasteiger partial charge in [0.2, 0.25) is 5.91 Å². The van der Waals surface area contributed by atoms with Crippen molar-refractivity contribution in [3.8, 4) is 0 Å². The summed E-state index contributed by atoms with van der Waals surface area (Å²) >= 11 is 5.11. The number of carbonyl (C=O) groups excluding carboxylic acids is 1. The normalized spacial score (nSPS) is 9.95. The predicted octanol–water partition coefficient (Wildman–Crippen LogP) is 3.51. The molecule has 22 heavy (non-hydrogen) atoms. The first-order chi connectivity index (χ1) is 9.60. The molecule has 1 heterocycles. The Hall–Kier alpha value is -0.400. The number of aromatic nitrogens is 1. The van der Waals surface area contributed by atoms with Gasteiger partial charge in [0.1, 0.15) is 0 Å². The summed E-state index contributed by atoms with van der Waals surface area (Å²) in [4.78, 5) is 18.3. The number of rotatable bonds is 6. The maximum absolute atomic E-state index is 12.0. The number of nitrogens with zero attached hydrogens (tertiary/aromatic N) is 2. The lowest BCUT2D eigenvalue weighted by atomic mass is 10.3. The van der Waals surface area contributed by atoms with Gasteiger partial charge < -0.3 is 10.2 Å². The maximum Gasteiger partial charge on any atom is 0.222 e. The van der Waals surface area contributed by atoms with Gasteiger partial charge in [0, 0.05) is 37.5 Å². The predicted molar refractivity (Wildman–Crippen MR) is 102 cm³/mol. The zero-order valence-electron chi connectivity index (χ0n) is 12.5. The van der Waals surface area contributed by atoms with Crippen molar-refractivity contribution in [3.05, 3.63) is 27.7 Å². The number of thiazole rings is 1. The molecular formula is C14H20BrCl2N3OS. The molecule has 1 aromatic carbocycles. The van der Waals surface area contributed by atoms with E-state index in [1.165, 1.54) is 4.70 Å². The van der Waals surface area contributed by atoms with Crippen LogP contribution in [0.25, 0.3) is 10.2 Å². The SMILES string of the molecule is CNCCN(C)C(=O)CCc1nc2cc(Br)ccc2s1.Cl.Cl. The van der Waals surface area contributed by atoms with E-state index in [0.29, 0.717) is 12.8 Å². The zero-order chi connectivity index (χ0) is 14.5. The molecule has 0 aliphatic rings. The van der Waals surface area contributed by atoms with Crippen molar-refractivity contribution in [2.24, 2.45) is 0 Å². The highest BCUT2D eigenvalue weighted by Gasteiger charge is 2.10. The maximum atomic E-state index is 12.0. The highest BCUT2D eigenvalue weighted by atomic mass is 79.9. The average molecular weight is 429 g/mol. The number of fused-ring (bicyclic) bond motifs is 1. The van der Waals surface area contributed by atoms with Crippen molar-refractivity contribution >= 4 is 68.2 Å². The largest absolute Gasteiger partial charge is 0.344 e. The lowest BCUT2D eigenvalue weighted by molar-refractivity contribution is -0.129. The van der Waals surface area contributed by atoms with E-state index in [2.05, 4.69) is 32.3 Å². The van der Waals surface area contributed by atoms with Gasteiger partial charge >= 0.3 is 0 Å². The fraction of sp³-hybridized carbons (Fsp3) is 0.429. The lowest BCUT2D eigenvalue weighted by Gasteiger charge is -2.16. The van der Waals surface area contributed by atoms with Crippen molar-refractivity contribution in [1.82, 2.24) is 15.2 Å². The zero-order valence-corrected chi connectivity index (χ0v) is 16.5. The molecule has 0 spiro atoms. The van der Waals surface area contributed by atoms with E-state index in [0.717, 1.165) is 28.1 Å². The van der Waals surface area contributed by atoms with E-state index in [9.17, 15) is 4.79 Å². The molecule has 0 unspecified atom stereocenters. The van der Waals surface area contributed by atoms with E-state index >= 15 is 0 Å². The average Bonchev–Trinajstić information content (AvgIpc) is 2.83. The molecule has 0 radical (unpaired) electrons. The minimum Gasteiger partial charge on any atom is -0.344 e. The summed E-state index contributed by atoms with van der Waals surface area (Å²) < 4.78 is 2.20. The molecule has 0 fully saturated rings. The molecule has 0 aliphatic heterocycles. The van der Waals surface area contributed by atoms with Crippen molar-refractivity contribution in [2.75, 3.05) is 27.2 Å². The molecule has 124 valence electrons. The van der Waals surface area contributed by atoms with E-state index < -0.39 is 0 Å². The van der Waals surface area contributed by atoms with E-state index in [1.807, 2.05) is 26.2 Å². The monoisotopic (exact) mass is 427 g/mol. The Kier molecular flexibility index (Phi) is 10.2. The summed E-state index contributed by atoms with van der Waals surface area (Å²) in [5.41, 5.74) is 0.996. The van der Waals surface area contributed by atoms with E-state index in [-0.39, 0.29) is 30.7 Å². The fourth-order valence-corrected chi connectivity index (χ4v) is 3.16. The van der Waals surface area contributed by atoms with Crippen LogP contribution >= 0.6 is 52.1 Å². The van der Waals surface area contributed by atoms with E-state index in [4.69, 9.17) is 0 Å². The van der Waals surface area contributed by atoms with Crippen molar-refractivity contribution in [3.63, 3.8) is 0 Å². The first kappa shape index (κ1) is 21.6. The first-order valence-electron chi connectivity index (χ1n) is 6.53. The van der Waals surface area contributed by atoms with Crippen LogP contribution < -0.4 is 5.32 Å². The van der Waals surface area contributed by atoms with Crippen LogP contribution in [-0.4, -0.2) is 43.0 Å². The molecule has 2 rings (SSSR count). The van der Waals surface area contributed by atoms with Gasteiger partial charge in [0.05, 0.1) is 15.2 Å². The molecule has 1 amide bonds. The summed E-state index contributed by atoms with van der Waals surface area (Å²) in [5, 5.41) is 4.06. The van der Waals surface area contributed by atoms with Crippen molar-refractivity contribution in [1.29, 1.82) is 0 Å². The number of nitrogens with one attached hydrogen (secondary N) is 1. The van der Waals surface area contributed by atoms with Crippen LogP contribution in [0, 0.1) is 0 Å². The Morgan fingerprint density at radius 3 is 2.82 bits per heavy atom. The third kappa shape index (κ3) is 6.01. The third-order valence-corrected chi connectivity index (χ3v) is 4.66. The van der Waals surface area contributed by atoms with Crippen molar-refractivity contribution in [2.45, 2.75) is 12.8 Å². The lowest BCUT2D eigenvalue weighted by Crippen LogP contribution is -2.32. The van der Waals surface area contributed by atoms with Gasteiger partial charge in [-0.2, -0.15) is 0 Å². The quantitative estimate of drug-likeness (QED) is 0.765. The second-order valence-electron chi connectivity index (χ2n) is 4.64. The van der Waals surface area contributed by atoms with Crippen LogP contribution in [0.5, 0.6) is 0 Å². The minimum atomic E-state index is 0. The summed E-state index contributed by atoms with van der Waals surface area (Å²) in [6.07, 6.45) is 1.22. The molecular weight excluding hydrogens is 409 g/mol. The molecule has 2 aromatic rings. The topological polar surface area (TPSA) is 45.2 Å². The molecule has 1 N–H and O–H groups in total. The standard InChI is InChI=1S/C14H18BrN3OS.2ClH/c1-16-7-8-18(2)14(19)6-5-13-17-11-9-10(15)3-4-12(11)20-13;;/h3-4,9,16H,5-8H2,1-2H3;2*1H. The Balaban J connectivity index is 0.00000220. The summed E-state index contributed by atoms with van der Waals surface area (Å²) in [7, 11) is 3.73.